The highest BCUT2D eigenvalue weighted by molar-refractivity contribution is 4.95. The van der Waals surface area contributed by atoms with E-state index in [0.717, 1.165) is 19.4 Å². The molecule has 0 aromatic heterocycles. The first-order valence-corrected chi connectivity index (χ1v) is 4.17. The lowest BCUT2D eigenvalue weighted by Gasteiger charge is -2.41. The van der Waals surface area contributed by atoms with Crippen molar-refractivity contribution in [2.24, 2.45) is 5.92 Å². The summed E-state index contributed by atoms with van der Waals surface area (Å²) in [5.74, 6) is 0.279. The van der Waals surface area contributed by atoms with Gasteiger partial charge < -0.3 is 4.90 Å². The fourth-order valence-electron chi connectivity index (χ4n) is 1.62. The van der Waals surface area contributed by atoms with E-state index < -0.39 is 0 Å². The number of rotatable bonds is 0. The highest BCUT2D eigenvalue weighted by atomic mass is 15.2. The average Bonchev–Trinajstić information content (AvgIpc) is 1.95. The molecule has 0 aromatic rings. The molecule has 1 unspecified atom stereocenters. The molecule has 1 saturated heterocycles. The van der Waals surface area contributed by atoms with Crippen LogP contribution >= 0.6 is 0 Å². The molecule has 62 valence electrons. The second-order valence-corrected chi connectivity index (χ2v) is 4.05. The molecule has 2 nitrogen and oxygen atoms in total. The van der Waals surface area contributed by atoms with Crippen molar-refractivity contribution in [1.29, 1.82) is 5.26 Å². The van der Waals surface area contributed by atoms with Crippen LogP contribution in [0.15, 0.2) is 0 Å². The fourth-order valence-corrected chi connectivity index (χ4v) is 1.62. The Morgan fingerprint density at radius 3 is 2.64 bits per heavy atom. The summed E-state index contributed by atoms with van der Waals surface area (Å²) in [7, 11) is 2.13. The Bertz CT molecular complexity index is 178. The summed E-state index contributed by atoms with van der Waals surface area (Å²) >= 11 is 0. The lowest BCUT2D eigenvalue weighted by molar-refractivity contribution is 0.0882. The van der Waals surface area contributed by atoms with Crippen LogP contribution in [0.5, 0.6) is 0 Å². The third kappa shape index (κ3) is 1.72. The summed E-state index contributed by atoms with van der Waals surface area (Å²) in [6.45, 7) is 5.47. The molecule has 0 amide bonds. The standard InChI is InChI=1S/C9H16N2/c1-9(2)6-8(7-10)4-5-11(9)3/h8H,4-6H2,1-3H3. The van der Waals surface area contributed by atoms with Gasteiger partial charge in [0.15, 0.2) is 0 Å². The van der Waals surface area contributed by atoms with Gasteiger partial charge in [-0.2, -0.15) is 5.26 Å². The molecular weight excluding hydrogens is 136 g/mol. The number of piperidine rings is 1. The molecule has 2 heteroatoms. The molecule has 1 rings (SSSR count). The second kappa shape index (κ2) is 2.83. The zero-order valence-electron chi connectivity index (χ0n) is 7.59. The highest BCUT2D eigenvalue weighted by Gasteiger charge is 2.31. The Morgan fingerprint density at radius 1 is 1.55 bits per heavy atom. The van der Waals surface area contributed by atoms with Crippen LogP contribution in [-0.4, -0.2) is 24.0 Å². The Hall–Kier alpha value is -0.550. The predicted octanol–water partition coefficient (Wildman–Crippen LogP) is 1.63. The molecule has 1 atom stereocenters. The normalized spacial score (nSPS) is 31.3. The van der Waals surface area contributed by atoms with Crippen LogP contribution in [-0.2, 0) is 0 Å². The SMILES string of the molecule is CN1CCC(C#N)CC1(C)C. The summed E-state index contributed by atoms with van der Waals surface area (Å²) in [6.07, 6.45) is 2.05. The maximum Gasteiger partial charge on any atom is 0.0657 e. The summed E-state index contributed by atoms with van der Waals surface area (Å²) in [5.41, 5.74) is 0.221. The number of hydrogen-bond acceptors (Lipinski definition) is 2. The van der Waals surface area contributed by atoms with Crippen molar-refractivity contribution in [3.05, 3.63) is 0 Å². The quantitative estimate of drug-likeness (QED) is 0.527. The summed E-state index contributed by atoms with van der Waals surface area (Å²) < 4.78 is 0. The van der Waals surface area contributed by atoms with Crippen LogP contribution in [0.1, 0.15) is 26.7 Å². The van der Waals surface area contributed by atoms with Crippen molar-refractivity contribution in [3.8, 4) is 6.07 Å². The minimum absolute atomic E-state index is 0.221. The molecule has 1 aliphatic rings. The van der Waals surface area contributed by atoms with E-state index in [0.29, 0.717) is 0 Å². The second-order valence-electron chi connectivity index (χ2n) is 4.05. The smallest absolute Gasteiger partial charge is 0.0657 e. The molecule has 0 aromatic carbocycles. The minimum Gasteiger partial charge on any atom is -0.301 e. The third-order valence-corrected chi connectivity index (χ3v) is 2.77. The molecule has 0 N–H and O–H groups in total. The Labute approximate surface area is 68.8 Å². The Balaban J connectivity index is 2.61. The van der Waals surface area contributed by atoms with Crippen molar-refractivity contribution in [2.45, 2.75) is 32.2 Å². The number of hydrogen-bond donors (Lipinski definition) is 0. The first-order chi connectivity index (χ1) is 5.06. The number of nitrogens with zero attached hydrogens (tertiary/aromatic N) is 2. The lowest BCUT2D eigenvalue weighted by Crippen LogP contribution is -2.47. The van der Waals surface area contributed by atoms with E-state index in [9.17, 15) is 0 Å². The van der Waals surface area contributed by atoms with Gasteiger partial charge >= 0.3 is 0 Å². The number of nitriles is 1. The van der Waals surface area contributed by atoms with Gasteiger partial charge in [-0.05, 0) is 40.3 Å². The van der Waals surface area contributed by atoms with Gasteiger partial charge in [-0.1, -0.05) is 0 Å². The van der Waals surface area contributed by atoms with Crippen molar-refractivity contribution in [2.75, 3.05) is 13.6 Å². The monoisotopic (exact) mass is 152 g/mol. The molecule has 11 heavy (non-hydrogen) atoms. The topological polar surface area (TPSA) is 27.0 Å². The lowest BCUT2D eigenvalue weighted by atomic mass is 9.84. The molecule has 0 saturated carbocycles. The van der Waals surface area contributed by atoms with Crippen LogP contribution in [0.2, 0.25) is 0 Å². The van der Waals surface area contributed by atoms with Gasteiger partial charge in [0.25, 0.3) is 0 Å². The largest absolute Gasteiger partial charge is 0.301 e. The van der Waals surface area contributed by atoms with E-state index in [2.05, 4.69) is 31.9 Å². The van der Waals surface area contributed by atoms with Gasteiger partial charge in [-0.15, -0.1) is 0 Å². The Morgan fingerprint density at radius 2 is 2.18 bits per heavy atom. The fraction of sp³-hybridized carbons (Fsp3) is 0.889. The van der Waals surface area contributed by atoms with E-state index in [4.69, 9.17) is 5.26 Å². The van der Waals surface area contributed by atoms with Crippen LogP contribution in [0.4, 0.5) is 0 Å². The van der Waals surface area contributed by atoms with Gasteiger partial charge in [-0.3, -0.25) is 0 Å². The first kappa shape index (κ1) is 8.55. The molecular formula is C9H16N2. The maximum absolute atomic E-state index is 8.74. The van der Waals surface area contributed by atoms with Gasteiger partial charge in [-0.25, -0.2) is 0 Å². The van der Waals surface area contributed by atoms with Crippen LogP contribution in [0, 0.1) is 17.2 Å². The van der Waals surface area contributed by atoms with Gasteiger partial charge in [0, 0.05) is 11.5 Å². The molecule has 1 fully saturated rings. The van der Waals surface area contributed by atoms with Gasteiger partial charge in [0.05, 0.1) is 6.07 Å². The van der Waals surface area contributed by atoms with Crippen LogP contribution in [0.3, 0.4) is 0 Å². The first-order valence-electron chi connectivity index (χ1n) is 4.17. The summed E-state index contributed by atoms with van der Waals surface area (Å²) in [5, 5.41) is 8.74. The van der Waals surface area contributed by atoms with Crippen molar-refractivity contribution >= 4 is 0 Å². The number of likely N-dealkylation sites (tertiary alicyclic amines) is 1. The zero-order chi connectivity index (χ0) is 8.48. The third-order valence-electron chi connectivity index (χ3n) is 2.77. The van der Waals surface area contributed by atoms with Crippen LogP contribution in [0.25, 0.3) is 0 Å². The summed E-state index contributed by atoms with van der Waals surface area (Å²) in [6, 6.07) is 2.35. The molecule has 0 radical (unpaired) electrons. The van der Waals surface area contributed by atoms with Crippen LogP contribution < -0.4 is 0 Å². The highest BCUT2D eigenvalue weighted by Crippen LogP contribution is 2.29. The Kier molecular flexibility index (Phi) is 2.20. The summed E-state index contributed by atoms with van der Waals surface area (Å²) in [4.78, 5) is 2.33. The average molecular weight is 152 g/mol. The zero-order valence-corrected chi connectivity index (χ0v) is 7.59. The van der Waals surface area contributed by atoms with E-state index in [-0.39, 0.29) is 11.5 Å². The molecule has 0 spiro atoms. The van der Waals surface area contributed by atoms with E-state index in [1.807, 2.05) is 0 Å². The molecule has 0 bridgehead atoms. The van der Waals surface area contributed by atoms with Gasteiger partial charge in [0.1, 0.15) is 0 Å². The maximum atomic E-state index is 8.74. The molecule has 0 aliphatic carbocycles. The van der Waals surface area contributed by atoms with Gasteiger partial charge in [0.2, 0.25) is 0 Å². The van der Waals surface area contributed by atoms with Crippen molar-refractivity contribution < 1.29 is 0 Å². The van der Waals surface area contributed by atoms with E-state index >= 15 is 0 Å². The van der Waals surface area contributed by atoms with Crippen molar-refractivity contribution in [3.63, 3.8) is 0 Å². The minimum atomic E-state index is 0.221. The predicted molar refractivity (Wildman–Crippen MR) is 45.0 cm³/mol. The van der Waals surface area contributed by atoms with Crippen molar-refractivity contribution in [1.82, 2.24) is 4.90 Å². The van der Waals surface area contributed by atoms with E-state index in [1.165, 1.54) is 0 Å². The molecule has 1 aliphatic heterocycles. The molecule has 1 heterocycles. The van der Waals surface area contributed by atoms with E-state index in [1.54, 1.807) is 0 Å².